The molecule has 0 saturated heterocycles. The molecule has 0 bridgehead atoms. The molecule has 0 aliphatic carbocycles. The van der Waals surface area contributed by atoms with Gasteiger partial charge in [0, 0.05) is 11.4 Å². The lowest BCUT2D eigenvalue weighted by Gasteiger charge is -2.06. The summed E-state index contributed by atoms with van der Waals surface area (Å²) in [6.07, 6.45) is 0.676. The highest BCUT2D eigenvalue weighted by Crippen LogP contribution is 2.20. The lowest BCUT2D eigenvalue weighted by Crippen LogP contribution is -2.30. The number of nitrogens with one attached hydrogen (secondary N) is 1. The molecule has 134 valence electrons. The van der Waals surface area contributed by atoms with Crippen LogP contribution in [0.25, 0.3) is 0 Å². The van der Waals surface area contributed by atoms with Crippen molar-refractivity contribution in [2.24, 2.45) is 5.92 Å². The number of hydrogen-bond acceptors (Lipinski definition) is 6. The number of carbonyl (C=O) groups excluding carboxylic acids is 2. The average Bonchev–Trinajstić information content (AvgIpc) is 2.97. The predicted octanol–water partition coefficient (Wildman–Crippen LogP) is 3.05. The van der Waals surface area contributed by atoms with Crippen molar-refractivity contribution < 1.29 is 18.8 Å². The minimum atomic E-state index is -0.637. The Hall–Kier alpha value is -2.12. The van der Waals surface area contributed by atoms with Crippen molar-refractivity contribution in [3.05, 3.63) is 45.5 Å². The van der Waals surface area contributed by atoms with Gasteiger partial charge in [0.15, 0.2) is 12.4 Å². The molecule has 1 N–H and O–H groups in total. The summed E-state index contributed by atoms with van der Waals surface area (Å²) >= 11 is 11.7. The molecular weight excluding hydrogens is 369 g/mol. The molecule has 2 rings (SSSR count). The van der Waals surface area contributed by atoms with Crippen LogP contribution in [0.3, 0.4) is 0 Å². The number of halogens is 2. The number of ether oxygens (including phenoxy) is 1. The average molecular weight is 386 g/mol. The standard InChI is InChI=1S/C16H17Cl2N3O4/c1-9(2)5-13-20-14(25-21-13)8-24-15(22)7-19-16(23)11-4-3-10(17)6-12(11)18/h3-4,6,9H,5,7-8H2,1-2H3,(H,19,23). The first kappa shape index (κ1) is 19.2. The van der Waals surface area contributed by atoms with E-state index in [1.54, 1.807) is 0 Å². The number of benzene rings is 1. The molecule has 0 unspecified atom stereocenters. The second-order valence-corrected chi connectivity index (χ2v) is 6.51. The maximum atomic E-state index is 12.0. The first-order chi connectivity index (χ1) is 11.8. The van der Waals surface area contributed by atoms with Crippen LogP contribution in [-0.4, -0.2) is 28.6 Å². The van der Waals surface area contributed by atoms with Gasteiger partial charge >= 0.3 is 5.97 Å². The first-order valence-corrected chi connectivity index (χ1v) is 8.31. The Kier molecular flexibility index (Phi) is 6.78. The van der Waals surface area contributed by atoms with Crippen molar-refractivity contribution in [3.8, 4) is 0 Å². The Balaban J connectivity index is 1.78. The molecule has 0 atom stereocenters. The van der Waals surface area contributed by atoms with Crippen LogP contribution < -0.4 is 5.32 Å². The highest BCUT2D eigenvalue weighted by Gasteiger charge is 2.14. The molecule has 0 aliphatic heterocycles. The molecule has 1 aromatic carbocycles. The molecular formula is C16H17Cl2N3O4. The lowest BCUT2D eigenvalue weighted by molar-refractivity contribution is -0.144. The molecule has 1 amide bonds. The number of carbonyl (C=O) groups is 2. The third-order valence-electron chi connectivity index (χ3n) is 3.03. The van der Waals surface area contributed by atoms with Crippen LogP contribution in [0.5, 0.6) is 0 Å². The van der Waals surface area contributed by atoms with E-state index in [2.05, 4.69) is 15.5 Å². The van der Waals surface area contributed by atoms with Gasteiger partial charge in [0.1, 0.15) is 6.54 Å². The van der Waals surface area contributed by atoms with Crippen LogP contribution in [0.15, 0.2) is 22.7 Å². The third-order valence-corrected chi connectivity index (χ3v) is 3.57. The Bertz CT molecular complexity index is 762. The second kappa shape index (κ2) is 8.82. The van der Waals surface area contributed by atoms with Crippen molar-refractivity contribution in [2.45, 2.75) is 26.9 Å². The molecule has 0 radical (unpaired) electrons. The molecule has 1 heterocycles. The fourth-order valence-corrected chi connectivity index (χ4v) is 2.41. The van der Waals surface area contributed by atoms with E-state index in [0.29, 0.717) is 23.2 Å². The van der Waals surface area contributed by atoms with Gasteiger partial charge in [0.25, 0.3) is 11.8 Å². The fourth-order valence-electron chi connectivity index (χ4n) is 1.91. The van der Waals surface area contributed by atoms with Crippen LogP contribution in [0.1, 0.15) is 35.9 Å². The second-order valence-electron chi connectivity index (χ2n) is 5.67. The Labute approximate surface area is 154 Å². The largest absolute Gasteiger partial charge is 0.454 e. The summed E-state index contributed by atoms with van der Waals surface area (Å²) in [7, 11) is 0. The molecule has 1 aromatic heterocycles. The summed E-state index contributed by atoms with van der Waals surface area (Å²) in [6, 6.07) is 4.45. The van der Waals surface area contributed by atoms with Gasteiger partial charge in [-0.3, -0.25) is 9.59 Å². The van der Waals surface area contributed by atoms with Crippen molar-refractivity contribution in [2.75, 3.05) is 6.54 Å². The molecule has 0 fully saturated rings. The molecule has 2 aromatic rings. The van der Waals surface area contributed by atoms with Crippen LogP contribution >= 0.6 is 23.2 Å². The maximum absolute atomic E-state index is 12.0. The minimum absolute atomic E-state index is 0.151. The van der Waals surface area contributed by atoms with Gasteiger partial charge in [-0.1, -0.05) is 42.2 Å². The minimum Gasteiger partial charge on any atom is -0.454 e. The van der Waals surface area contributed by atoms with E-state index >= 15 is 0 Å². The normalized spacial score (nSPS) is 10.8. The Morgan fingerprint density at radius 2 is 2.08 bits per heavy atom. The van der Waals surface area contributed by atoms with Gasteiger partial charge in [-0.25, -0.2) is 0 Å². The van der Waals surface area contributed by atoms with Crippen molar-refractivity contribution in [3.63, 3.8) is 0 Å². The van der Waals surface area contributed by atoms with Crippen molar-refractivity contribution >= 4 is 35.1 Å². The van der Waals surface area contributed by atoms with Crippen molar-refractivity contribution in [1.29, 1.82) is 0 Å². The fraction of sp³-hybridized carbons (Fsp3) is 0.375. The van der Waals surface area contributed by atoms with E-state index in [4.69, 9.17) is 32.5 Å². The summed E-state index contributed by atoms with van der Waals surface area (Å²) in [5, 5.41) is 6.82. The zero-order valence-electron chi connectivity index (χ0n) is 13.7. The van der Waals surface area contributed by atoms with Crippen LogP contribution in [0.4, 0.5) is 0 Å². The van der Waals surface area contributed by atoms with Crippen molar-refractivity contribution in [1.82, 2.24) is 15.5 Å². The number of amides is 1. The molecule has 25 heavy (non-hydrogen) atoms. The zero-order valence-corrected chi connectivity index (χ0v) is 15.2. The van der Waals surface area contributed by atoms with E-state index < -0.39 is 11.9 Å². The van der Waals surface area contributed by atoms with Crippen LogP contribution in [0, 0.1) is 5.92 Å². The monoisotopic (exact) mass is 385 g/mol. The summed E-state index contributed by atoms with van der Waals surface area (Å²) in [5.41, 5.74) is 0.217. The zero-order chi connectivity index (χ0) is 18.4. The summed E-state index contributed by atoms with van der Waals surface area (Å²) in [6.45, 7) is 3.60. The van der Waals surface area contributed by atoms with E-state index in [1.165, 1.54) is 18.2 Å². The number of aromatic nitrogens is 2. The molecule has 7 nitrogen and oxygen atoms in total. The first-order valence-electron chi connectivity index (χ1n) is 7.55. The maximum Gasteiger partial charge on any atom is 0.325 e. The summed E-state index contributed by atoms with van der Waals surface area (Å²) in [5.74, 6) is 0.0170. The topological polar surface area (TPSA) is 94.3 Å². The summed E-state index contributed by atoms with van der Waals surface area (Å²) < 4.78 is 9.96. The van der Waals surface area contributed by atoms with E-state index in [9.17, 15) is 9.59 Å². The Morgan fingerprint density at radius 3 is 2.76 bits per heavy atom. The van der Waals surface area contributed by atoms with E-state index in [1.807, 2.05) is 13.8 Å². The lowest BCUT2D eigenvalue weighted by atomic mass is 10.1. The highest BCUT2D eigenvalue weighted by atomic mass is 35.5. The van der Waals surface area contributed by atoms with E-state index in [-0.39, 0.29) is 29.6 Å². The van der Waals surface area contributed by atoms with Gasteiger partial charge in [0.2, 0.25) is 0 Å². The van der Waals surface area contributed by atoms with Gasteiger partial charge < -0.3 is 14.6 Å². The SMILES string of the molecule is CC(C)Cc1noc(COC(=O)CNC(=O)c2ccc(Cl)cc2Cl)n1. The number of nitrogens with zero attached hydrogens (tertiary/aromatic N) is 2. The smallest absolute Gasteiger partial charge is 0.325 e. The summed E-state index contributed by atoms with van der Waals surface area (Å²) in [4.78, 5) is 27.8. The third kappa shape index (κ3) is 6.03. The quantitative estimate of drug-likeness (QED) is 0.735. The van der Waals surface area contributed by atoms with Gasteiger partial charge in [-0.2, -0.15) is 4.98 Å². The molecule has 0 saturated carbocycles. The van der Waals surface area contributed by atoms with Crippen LogP contribution in [-0.2, 0) is 22.6 Å². The van der Waals surface area contributed by atoms with E-state index in [0.717, 1.165) is 0 Å². The Morgan fingerprint density at radius 1 is 1.32 bits per heavy atom. The molecule has 9 heteroatoms. The van der Waals surface area contributed by atoms with Gasteiger partial charge in [-0.05, 0) is 24.1 Å². The van der Waals surface area contributed by atoms with Crippen LogP contribution in [0.2, 0.25) is 10.0 Å². The molecule has 0 aliphatic rings. The van der Waals surface area contributed by atoms with Gasteiger partial charge in [-0.15, -0.1) is 0 Å². The number of esters is 1. The highest BCUT2D eigenvalue weighted by molar-refractivity contribution is 6.36. The molecule has 0 spiro atoms. The van der Waals surface area contributed by atoms with Gasteiger partial charge in [0.05, 0.1) is 10.6 Å². The number of rotatable bonds is 7. The number of hydrogen-bond donors (Lipinski definition) is 1. The predicted molar refractivity (Wildman–Crippen MR) is 91.4 cm³/mol.